The van der Waals surface area contributed by atoms with Gasteiger partial charge in [-0.3, -0.25) is 9.69 Å². The van der Waals surface area contributed by atoms with Gasteiger partial charge in [0.1, 0.15) is 17.5 Å². The van der Waals surface area contributed by atoms with Crippen LogP contribution in [0.15, 0.2) is 18.2 Å². The number of carbonyl (C=O) groups excluding carboxylic acids is 2. The van der Waals surface area contributed by atoms with E-state index < -0.39 is 17.7 Å². The molecule has 1 atom stereocenters. The van der Waals surface area contributed by atoms with Gasteiger partial charge in [-0.1, -0.05) is 12.1 Å². The van der Waals surface area contributed by atoms with E-state index in [0.717, 1.165) is 12.0 Å². The van der Waals surface area contributed by atoms with Crippen molar-refractivity contribution in [2.75, 3.05) is 6.54 Å². The van der Waals surface area contributed by atoms with Crippen molar-refractivity contribution in [3.05, 3.63) is 35.1 Å². The molecule has 132 valence electrons. The third-order valence-corrected chi connectivity index (χ3v) is 3.87. The highest BCUT2D eigenvalue weighted by Crippen LogP contribution is 2.21. The van der Waals surface area contributed by atoms with E-state index in [0.29, 0.717) is 25.1 Å². The fourth-order valence-corrected chi connectivity index (χ4v) is 2.70. The molecule has 1 aliphatic rings. The molecule has 1 fully saturated rings. The SMILES string of the molecule is Cc1cc(CNC(=O)[C@@H]2CCCN2C(=O)OC(C)(C)C)ccc1F. The summed E-state index contributed by atoms with van der Waals surface area (Å²) in [4.78, 5) is 26.1. The molecule has 0 aromatic heterocycles. The van der Waals surface area contributed by atoms with E-state index in [1.54, 1.807) is 39.8 Å². The largest absolute Gasteiger partial charge is 0.444 e. The number of hydrogen-bond acceptors (Lipinski definition) is 3. The van der Waals surface area contributed by atoms with Crippen LogP contribution in [0.2, 0.25) is 0 Å². The summed E-state index contributed by atoms with van der Waals surface area (Å²) < 4.78 is 18.6. The van der Waals surface area contributed by atoms with Crippen LogP contribution in [0.3, 0.4) is 0 Å². The van der Waals surface area contributed by atoms with Crippen LogP contribution in [0.25, 0.3) is 0 Å². The van der Waals surface area contributed by atoms with Crippen molar-refractivity contribution in [1.29, 1.82) is 0 Å². The highest BCUT2D eigenvalue weighted by molar-refractivity contribution is 5.86. The maximum absolute atomic E-state index is 13.3. The minimum atomic E-state index is -0.591. The molecule has 0 aliphatic carbocycles. The summed E-state index contributed by atoms with van der Waals surface area (Å²) in [6.07, 6.45) is 0.929. The Morgan fingerprint density at radius 3 is 2.71 bits per heavy atom. The van der Waals surface area contributed by atoms with E-state index in [-0.39, 0.29) is 11.7 Å². The molecule has 0 unspecified atom stereocenters. The Morgan fingerprint density at radius 1 is 1.38 bits per heavy atom. The second-order valence-electron chi connectivity index (χ2n) is 7.13. The number of nitrogens with one attached hydrogen (secondary N) is 1. The van der Waals surface area contributed by atoms with Crippen molar-refractivity contribution in [3.63, 3.8) is 0 Å². The van der Waals surface area contributed by atoms with E-state index in [2.05, 4.69) is 5.32 Å². The molecule has 2 amide bonds. The van der Waals surface area contributed by atoms with Crippen molar-refractivity contribution in [3.8, 4) is 0 Å². The Morgan fingerprint density at radius 2 is 2.08 bits per heavy atom. The van der Waals surface area contributed by atoms with Gasteiger partial charge in [0.2, 0.25) is 5.91 Å². The maximum Gasteiger partial charge on any atom is 0.410 e. The normalized spacial score (nSPS) is 17.7. The van der Waals surface area contributed by atoms with Gasteiger partial charge >= 0.3 is 6.09 Å². The van der Waals surface area contributed by atoms with Gasteiger partial charge in [-0.25, -0.2) is 9.18 Å². The van der Waals surface area contributed by atoms with Crippen LogP contribution in [0, 0.1) is 12.7 Å². The molecular weight excluding hydrogens is 311 g/mol. The fourth-order valence-electron chi connectivity index (χ4n) is 2.70. The quantitative estimate of drug-likeness (QED) is 0.922. The monoisotopic (exact) mass is 336 g/mol. The lowest BCUT2D eigenvalue weighted by Crippen LogP contribution is -2.47. The Labute approximate surface area is 142 Å². The first-order valence-electron chi connectivity index (χ1n) is 8.20. The predicted molar refractivity (Wildman–Crippen MR) is 88.9 cm³/mol. The van der Waals surface area contributed by atoms with E-state index in [4.69, 9.17) is 4.74 Å². The zero-order valence-corrected chi connectivity index (χ0v) is 14.7. The minimum Gasteiger partial charge on any atom is -0.444 e. The van der Waals surface area contributed by atoms with Crippen LogP contribution < -0.4 is 5.32 Å². The Kier molecular flexibility index (Phi) is 5.47. The summed E-state index contributed by atoms with van der Waals surface area (Å²) in [5.74, 6) is -0.475. The molecule has 0 radical (unpaired) electrons. The zero-order valence-electron chi connectivity index (χ0n) is 14.7. The number of benzene rings is 1. The Bertz CT molecular complexity index is 625. The van der Waals surface area contributed by atoms with Crippen LogP contribution in [0.4, 0.5) is 9.18 Å². The number of rotatable bonds is 3. The Hall–Kier alpha value is -2.11. The first-order chi connectivity index (χ1) is 11.2. The minimum absolute atomic E-state index is 0.208. The number of likely N-dealkylation sites (tertiary alicyclic amines) is 1. The van der Waals surface area contributed by atoms with Gasteiger partial charge in [0.25, 0.3) is 0 Å². The number of halogens is 1. The van der Waals surface area contributed by atoms with Crippen molar-refractivity contribution < 1.29 is 18.7 Å². The average molecular weight is 336 g/mol. The van der Waals surface area contributed by atoms with Gasteiger partial charge in [0, 0.05) is 13.1 Å². The third-order valence-electron chi connectivity index (χ3n) is 3.87. The number of carbonyl (C=O) groups is 2. The van der Waals surface area contributed by atoms with E-state index in [1.807, 2.05) is 0 Å². The van der Waals surface area contributed by atoms with Crippen LogP contribution in [0.5, 0.6) is 0 Å². The van der Waals surface area contributed by atoms with Crippen LogP contribution >= 0.6 is 0 Å². The Balaban J connectivity index is 1.95. The van der Waals surface area contributed by atoms with Crippen molar-refractivity contribution in [2.24, 2.45) is 0 Å². The standard InChI is InChI=1S/C18H25FN2O3/c1-12-10-13(7-8-14(12)19)11-20-16(22)15-6-5-9-21(15)17(23)24-18(2,3)4/h7-8,10,15H,5-6,9,11H2,1-4H3,(H,20,22)/t15-/m0/s1. The number of hydrogen-bond donors (Lipinski definition) is 1. The molecule has 1 aromatic carbocycles. The first-order valence-corrected chi connectivity index (χ1v) is 8.20. The molecule has 0 bridgehead atoms. The van der Waals surface area contributed by atoms with Gasteiger partial charge in [-0.2, -0.15) is 0 Å². The molecule has 1 aliphatic heterocycles. The number of ether oxygens (including phenoxy) is 1. The van der Waals surface area contributed by atoms with Gasteiger partial charge in [-0.05, 0) is 57.7 Å². The van der Waals surface area contributed by atoms with E-state index in [9.17, 15) is 14.0 Å². The summed E-state index contributed by atoms with van der Waals surface area (Å²) >= 11 is 0. The van der Waals surface area contributed by atoms with Gasteiger partial charge in [0.05, 0.1) is 0 Å². The number of amides is 2. The van der Waals surface area contributed by atoms with Crippen molar-refractivity contribution in [1.82, 2.24) is 10.2 Å². The second-order valence-corrected chi connectivity index (χ2v) is 7.13. The van der Waals surface area contributed by atoms with E-state index in [1.165, 1.54) is 11.0 Å². The topological polar surface area (TPSA) is 58.6 Å². The molecule has 1 N–H and O–H groups in total. The lowest BCUT2D eigenvalue weighted by atomic mass is 10.1. The maximum atomic E-state index is 13.3. The van der Waals surface area contributed by atoms with Crippen molar-refractivity contribution >= 4 is 12.0 Å². The molecule has 1 heterocycles. The summed E-state index contributed by atoms with van der Waals surface area (Å²) in [6, 6.07) is 4.22. The van der Waals surface area contributed by atoms with Crippen LogP contribution in [-0.4, -0.2) is 35.1 Å². The van der Waals surface area contributed by atoms with Crippen LogP contribution in [-0.2, 0) is 16.1 Å². The summed E-state index contributed by atoms with van der Waals surface area (Å²) in [5, 5.41) is 2.82. The number of aryl methyl sites for hydroxylation is 1. The molecule has 24 heavy (non-hydrogen) atoms. The molecule has 0 spiro atoms. The molecule has 1 saturated heterocycles. The molecule has 1 aromatic rings. The third kappa shape index (κ3) is 4.69. The summed E-state index contributed by atoms with van der Waals surface area (Å²) in [5.41, 5.74) is 0.772. The lowest BCUT2D eigenvalue weighted by molar-refractivity contribution is -0.125. The zero-order chi connectivity index (χ0) is 17.9. The lowest BCUT2D eigenvalue weighted by Gasteiger charge is -2.28. The van der Waals surface area contributed by atoms with Gasteiger partial charge < -0.3 is 10.1 Å². The van der Waals surface area contributed by atoms with Crippen LogP contribution in [0.1, 0.15) is 44.7 Å². The summed E-state index contributed by atoms with van der Waals surface area (Å²) in [6.45, 7) is 7.90. The van der Waals surface area contributed by atoms with Gasteiger partial charge in [0.15, 0.2) is 0 Å². The van der Waals surface area contributed by atoms with Gasteiger partial charge in [-0.15, -0.1) is 0 Å². The summed E-state index contributed by atoms with van der Waals surface area (Å²) in [7, 11) is 0. The van der Waals surface area contributed by atoms with E-state index >= 15 is 0 Å². The first kappa shape index (κ1) is 18.2. The molecule has 2 rings (SSSR count). The van der Waals surface area contributed by atoms with Crippen molar-refractivity contribution in [2.45, 2.75) is 58.7 Å². The number of nitrogens with zero attached hydrogens (tertiary/aromatic N) is 1. The molecule has 0 saturated carbocycles. The highest BCUT2D eigenvalue weighted by atomic mass is 19.1. The average Bonchev–Trinajstić information content (AvgIpc) is 2.96. The molecule has 6 heteroatoms. The molecule has 5 nitrogen and oxygen atoms in total. The fraction of sp³-hybridized carbons (Fsp3) is 0.556. The highest BCUT2D eigenvalue weighted by Gasteiger charge is 2.36. The molecular formula is C18H25FN2O3. The smallest absolute Gasteiger partial charge is 0.410 e. The second kappa shape index (κ2) is 7.20. The predicted octanol–water partition coefficient (Wildman–Crippen LogP) is 3.15.